The molecule has 4 heteroatoms. The summed E-state index contributed by atoms with van der Waals surface area (Å²) < 4.78 is 0.565. The first-order valence-electron chi connectivity index (χ1n) is 11.9. The second kappa shape index (κ2) is 11.0. The van der Waals surface area contributed by atoms with E-state index in [0.717, 1.165) is 0 Å². The Morgan fingerprint density at radius 1 is 0.441 bits per heavy atom. The lowest BCUT2D eigenvalue weighted by atomic mass is 10.3. The standard InChI is InChI=1S/C30H39PS3/c1-28(2,3)32-25-16-10-13-22(19-25)31(23-14-11-17-26(20-23)33-29(4,5)6)24-15-12-18-27(21-24)34-30(7,8)9/h10-21H,1-9H3. The molecule has 0 nitrogen and oxygen atoms in total. The summed E-state index contributed by atoms with van der Waals surface area (Å²) in [6.07, 6.45) is 0. The Labute approximate surface area is 222 Å². The highest BCUT2D eigenvalue weighted by atomic mass is 32.2. The van der Waals surface area contributed by atoms with Crippen molar-refractivity contribution >= 4 is 59.1 Å². The molecular weight excluding hydrogens is 488 g/mol. The maximum absolute atomic E-state index is 2.43. The van der Waals surface area contributed by atoms with Crippen LogP contribution < -0.4 is 15.9 Å². The minimum Gasteiger partial charge on any atom is -0.120 e. The van der Waals surface area contributed by atoms with Crippen LogP contribution in [0.2, 0.25) is 0 Å². The molecular formula is C30H39PS3. The maximum Gasteiger partial charge on any atom is 0.0122 e. The van der Waals surface area contributed by atoms with Gasteiger partial charge in [0.1, 0.15) is 0 Å². The first-order valence-corrected chi connectivity index (χ1v) is 15.7. The zero-order chi connectivity index (χ0) is 25.1. The van der Waals surface area contributed by atoms with Gasteiger partial charge in [0.25, 0.3) is 0 Å². The van der Waals surface area contributed by atoms with Gasteiger partial charge in [0.05, 0.1) is 0 Å². The van der Waals surface area contributed by atoms with Crippen LogP contribution in [0, 0.1) is 0 Å². The summed E-state index contributed by atoms with van der Waals surface area (Å²) in [6, 6.07) is 27.7. The first kappa shape index (κ1) is 27.7. The van der Waals surface area contributed by atoms with E-state index in [0.29, 0.717) is 0 Å². The molecule has 0 aliphatic carbocycles. The van der Waals surface area contributed by atoms with Gasteiger partial charge in [-0.1, -0.05) is 98.7 Å². The highest BCUT2D eigenvalue weighted by Gasteiger charge is 2.21. The van der Waals surface area contributed by atoms with Crippen LogP contribution in [0.3, 0.4) is 0 Å². The van der Waals surface area contributed by atoms with E-state index < -0.39 is 7.92 Å². The number of benzene rings is 3. The summed E-state index contributed by atoms with van der Waals surface area (Å²) in [5.74, 6) is 0. The molecule has 0 saturated carbocycles. The molecule has 0 aliphatic heterocycles. The lowest BCUT2D eigenvalue weighted by Gasteiger charge is -2.24. The molecule has 0 saturated heterocycles. The molecule has 3 aromatic rings. The predicted molar refractivity (Wildman–Crippen MR) is 162 cm³/mol. The summed E-state index contributed by atoms with van der Waals surface area (Å²) >= 11 is 5.84. The van der Waals surface area contributed by atoms with Gasteiger partial charge in [0.2, 0.25) is 0 Å². The zero-order valence-corrected chi connectivity index (χ0v) is 25.4. The van der Waals surface area contributed by atoms with Crippen molar-refractivity contribution in [3.8, 4) is 0 Å². The van der Waals surface area contributed by atoms with Gasteiger partial charge in [-0.3, -0.25) is 0 Å². The van der Waals surface area contributed by atoms with Gasteiger partial charge < -0.3 is 0 Å². The fourth-order valence-corrected chi connectivity index (χ4v) is 9.35. The lowest BCUT2D eigenvalue weighted by molar-refractivity contribution is 0.802. The molecule has 0 aliphatic rings. The van der Waals surface area contributed by atoms with Gasteiger partial charge in [-0.05, 0) is 60.2 Å². The fourth-order valence-electron chi connectivity index (χ4n) is 3.57. The van der Waals surface area contributed by atoms with Gasteiger partial charge in [-0.25, -0.2) is 0 Å². The third-order valence-corrected chi connectivity index (χ3v) is 10.2. The van der Waals surface area contributed by atoms with Crippen LogP contribution in [-0.2, 0) is 0 Å². The highest BCUT2D eigenvalue weighted by Crippen LogP contribution is 2.40. The Morgan fingerprint density at radius 2 is 0.706 bits per heavy atom. The Morgan fingerprint density at radius 3 is 0.941 bits per heavy atom. The van der Waals surface area contributed by atoms with Crippen molar-refractivity contribution in [2.45, 2.75) is 91.2 Å². The van der Waals surface area contributed by atoms with E-state index in [2.05, 4.69) is 135 Å². The van der Waals surface area contributed by atoms with Crippen molar-refractivity contribution in [2.75, 3.05) is 0 Å². The van der Waals surface area contributed by atoms with Crippen LogP contribution in [0.1, 0.15) is 62.3 Å². The first-order chi connectivity index (χ1) is 15.7. The molecule has 0 atom stereocenters. The van der Waals surface area contributed by atoms with Crippen molar-refractivity contribution in [3.63, 3.8) is 0 Å². The average Bonchev–Trinajstić information content (AvgIpc) is 2.65. The molecule has 0 unspecified atom stereocenters. The maximum atomic E-state index is 2.43. The Balaban J connectivity index is 2.12. The predicted octanol–water partition coefficient (Wildman–Crippen LogP) is 9.12. The fraction of sp³-hybridized carbons (Fsp3) is 0.400. The molecule has 3 rings (SSSR count). The monoisotopic (exact) mass is 526 g/mol. The number of rotatable bonds is 6. The summed E-state index contributed by atoms with van der Waals surface area (Å²) in [6.45, 7) is 20.6. The van der Waals surface area contributed by atoms with E-state index in [1.54, 1.807) is 0 Å². The summed E-state index contributed by atoms with van der Waals surface area (Å²) in [5.41, 5.74) is 0. The third-order valence-electron chi connectivity index (χ3n) is 4.50. The van der Waals surface area contributed by atoms with Crippen LogP contribution in [0.25, 0.3) is 0 Å². The molecule has 34 heavy (non-hydrogen) atoms. The van der Waals surface area contributed by atoms with E-state index in [4.69, 9.17) is 0 Å². The lowest BCUT2D eigenvalue weighted by Crippen LogP contribution is -2.21. The number of hydrogen-bond acceptors (Lipinski definition) is 3. The second-order valence-corrected chi connectivity index (χ2v) is 19.4. The molecule has 0 spiro atoms. The Hall–Kier alpha value is -0.860. The molecule has 182 valence electrons. The molecule has 3 aromatic carbocycles. The molecule has 0 heterocycles. The van der Waals surface area contributed by atoms with Gasteiger partial charge in [0.15, 0.2) is 0 Å². The van der Waals surface area contributed by atoms with E-state index in [-0.39, 0.29) is 14.2 Å². The molecule has 0 aromatic heterocycles. The summed E-state index contributed by atoms with van der Waals surface area (Å²) in [4.78, 5) is 4.04. The summed E-state index contributed by atoms with van der Waals surface area (Å²) in [5, 5.41) is 4.25. The van der Waals surface area contributed by atoms with E-state index in [9.17, 15) is 0 Å². The quantitative estimate of drug-likeness (QED) is 0.232. The minimum absolute atomic E-state index is 0.188. The Kier molecular flexibility index (Phi) is 9.00. The normalized spacial score (nSPS) is 12.9. The molecule has 0 fully saturated rings. The van der Waals surface area contributed by atoms with Gasteiger partial charge in [0, 0.05) is 28.9 Å². The molecule has 0 amide bonds. The van der Waals surface area contributed by atoms with Gasteiger partial charge in [-0.15, -0.1) is 35.3 Å². The molecule has 0 bridgehead atoms. The topological polar surface area (TPSA) is 0 Å². The third kappa shape index (κ3) is 8.98. The molecule has 0 radical (unpaired) electrons. The average molecular weight is 527 g/mol. The Bertz CT molecular complexity index is 959. The number of thioether (sulfide) groups is 3. The van der Waals surface area contributed by atoms with Crippen molar-refractivity contribution in [3.05, 3.63) is 72.8 Å². The van der Waals surface area contributed by atoms with Crippen LogP contribution in [0.4, 0.5) is 0 Å². The smallest absolute Gasteiger partial charge is 0.0122 e. The molecule has 0 N–H and O–H groups in total. The van der Waals surface area contributed by atoms with Crippen LogP contribution in [-0.4, -0.2) is 14.2 Å². The minimum atomic E-state index is -0.659. The SMILES string of the molecule is CC(C)(C)Sc1cccc(P(c2cccc(SC(C)(C)C)c2)c2cccc(SC(C)(C)C)c2)c1. The zero-order valence-electron chi connectivity index (χ0n) is 22.1. The number of hydrogen-bond donors (Lipinski definition) is 0. The van der Waals surface area contributed by atoms with Gasteiger partial charge in [-0.2, -0.15) is 0 Å². The van der Waals surface area contributed by atoms with E-state index in [1.165, 1.54) is 30.6 Å². The largest absolute Gasteiger partial charge is 0.120 e. The van der Waals surface area contributed by atoms with Crippen LogP contribution in [0.15, 0.2) is 87.5 Å². The highest BCUT2D eigenvalue weighted by molar-refractivity contribution is 8.01. The van der Waals surface area contributed by atoms with Crippen molar-refractivity contribution < 1.29 is 0 Å². The van der Waals surface area contributed by atoms with E-state index >= 15 is 0 Å². The van der Waals surface area contributed by atoms with Crippen molar-refractivity contribution in [1.29, 1.82) is 0 Å². The van der Waals surface area contributed by atoms with Crippen molar-refractivity contribution in [1.82, 2.24) is 0 Å². The van der Waals surface area contributed by atoms with E-state index in [1.807, 2.05) is 35.3 Å². The van der Waals surface area contributed by atoms with Gasteiger partial charge >= 0.3 is 0 Å². The summed E-state index contributed by atoms with van der Waals surface area (Å²) in [7, 11) is -0.659. The van der Waals surface area contributed by atoms with Crippen LogP contribution >= 0.6 is 43.2 Å². The second-order valence-electron chi connectivity index (χ2n) is 11.5. The van der Waals surface area contributed by atoms with Crippen LogP contribution in [0.5, 0.6) is 0 Å². The van der Waals surface area contributed by atoms with Crippen molar-refractivity contribution in [2.24, 2.45) is 0 Å².